The third-order valence-corrected chi connectivity index (χ3v) is 2.75. The van der Waals surface area contributed by atoms with Crippen LogP contribution >= 0.6 is 12.2 Å². The van der Waals surface area contributed by atoms with Crippen LogP contribution in [0.2, 0.25) is 0 Å². The topological polar surface area (TPSA) is 114 Å². The van der Waals surface area contributed by atoms with Gasteiger partial charge in [-0.3, -0.25) is 4.57 Å². The fraction of sp³-hybridized carbons (Fsp3) is 0.692. The minimum atomic E-state index is -0.122. The molecule has 8 heteroatoms. The molecule has 7 nitrogen and oxygen atoms in total. The molecule has 0 amide bonds. The highest BCUT2D eigenvalue weighted by atomic mass is 32.1. The first-order valence-corrected chi connectivity index (χ1v) is 7.12. The molecule has 1 aromatic heterocycles. The lowest BCUT2D eigenvalue weighted by Crippen LogP contribution is -2.15. The van der Waals surface area contributed by atoms with Crippen molar-refractivity contribution in [2.24, 2.45) is 0 Å². The summed E-state index contributed by atoms with van der Waals surface area (Å²) in [5.74, 6) is 0.410. The van der Waals surface area contributed by atoms with Gasteiger partial charge in [-0.1, -0.05) is 13.8 Å². The Morgan fingerprint density at radius 2 is 1.90 bits per heavy atom. The van der Waals surface area contributed by atoms with Crippen molar-refractivity contribution in [2.75, 3.05) is 26.6 Å². The Balaban J connectivity index is 0. The summed E-state index contributed by atoms with van der Waals surface area (Å²) in [6.45, 7) is 4.05. The number of rotatable bonds is 2. The van der Waals surface area contributed by atoms with Crippen molar-refractivity contribution in [1.82, 2.24) is 9.55 Å². The van der Waals surface area contributed by atoms with Crippen molar-refractivity contribution >= 4 is 18.0 Å². The number of hydrogen-bond acceptors (Lipinski definition) is 7. The number of anilines is 1. The van der Waals surface area contributed by atoms with Crippen LogP contribution in [0.3, 0.4) is 0 Å². The average Bonchev–Trinajstić information content (AvgIpc) is 3.02. The number of hydrogen-bond donors (Lipinski definition) is 4. The fourth-order valence-electron chi connectivity index (χ4n) is 1.67. The van der Waals surface area contributed by atoms with Crippen LogP contribution in [0.25, 0.3) is 0 Å². The second-order valence-corrected chi connectivity index (χ2v) is 3.88. The Kier molecular flexibility index (Phi) is 14.7. The van der Waals surface area contributed by atoms with Gasteiger partial charge in [-0.25, -0.2) is 4.98 Å². The third kappa shape index (κ3) is 7.49. The highest BCUT2D eigenvalue weighted by Crippen LogP contribution is 2.27. The molecular formula is C13H27N3O4S. The van der Waals surface area contributed by atoms with E-state index >= 15 is 0 Å². The molecule has 1 aliphatic heterocycles. The van der Waals surface area contributed by atoms with Gasteiger partial charge in [-0.15, -0.1) is 0 Å². The number of ether oxygens (including phenoxy) is 1. The molecule has 0 aliphatic carbocycles. The van der Waals surface area contributed by atoms with Crippen molar-refractivity contribution < 1.29 is 20.1 Å². The van der Waals surface area contributed by atoms with Gasteiger partial charge in [0.05, 0.1) is 12.7 Å². The van der Waals surface area contributed by atoms with Crippen LogP contribution in [0.5, 0.6) is 0 Å². The molecule has 1 saturated heterocycles. The maximum absolute atomic E-state index is 8.95. The minimum Gasteiger partial charge on any atom is -0.400 e. The van der Waals surface area contributed by atoms with Crippen molar-refractivity contribution in [3.05, 3.63) is 17.0 Å². The zero-order valence-electron chi connectivity index (χ0n) is 13.1. The van der Waals surface area contributed by atoms with E-state index < -0.39 is 0 Å². The molecule has 0 saturated carbocycles. The van der Waals surface area contributed by atoms with E-state index in [0.717, 1.165) is 27.1 Å². The largest absolute Gasteiger partial charge is 0.400 e. The maximum atomic E-state index is 8.95. The molecule has 21 heavy (non-hydrogen) atoms. The molecule has 0 bridgehead atoms. The van der Waals surface area contributed by atoms with Gasteiger partial charge in [-0.05, 0) is 31.1 Å². The van der Waals surface area contributed by atoms with Crippen molar-refractivity contribution in [2.45, 2.75) is 39.0 Å². The molecule has 2 unspecified atom stereocenters. The van der Waals surface area contributed by atoms with Gasteiger partial charge in [0.15, 0.2) is 0 Å². The third-order valence-electron chi connectivity index (χ3n) is 2.45. The van der Waals surface area contributed by atoms with E-state index in [1.165, 1.54) is 0 Å². The molecule has 0 aromatic carbocycles. The van der Waals surface area contributed by atoms with E-state index in [4.69, 9.17) is 38.0 Å². The van der Waals surface area contributed by atoms with E-state index in [9.17, 15) is 0 Å². The first-order valence-electron chi connectivity index (χ1n) is 6.71. The quantitative estimate of drug-likeness (QED) is 0.603. The van der Waals surface area contributed by atoms with E-state index in [-0.39, 0.29) is 18.9 Å². The van der Waals surface area contributed by atoms with Gasteiger partial charge in [0.25, 0.3) is 0 Å². The van der Waals surface area contributed by atoms with Crippen LogP contribution in [-0.4, -0.2) is 51.8 Å². The average molecular weight is 321 g/mol. The Hall–Kier alpha value is -1.06. The summed E-state index contributed by atoms with van der Waals surface area (Å²) in [5, 5.41) is 22.9. The molecule has 1 aliphatic rings. The summed E-state index contributed by atoms with van der Waals surface area (Å²) < 4.78 is 7.76. The van der Waals surface area contributed by atoms with Crippen LogP contribution in [0.4, 0.5) is 5.82 Å². The molecular weight excluding hydrogens is 294 g/mol. The number of aromatic nitrogens is 2. The summed E-state index contributed by atoms with van der Waals surface area (Å²) in [6, 6.07) is 1.69. The van der Waals surface area contributed by atoms with Crippen LogP contribution in [0.15, 0.2) is 12.3 Å². The van der Waals surface area contributed by atoms with Gasteiger partial charge >= 0.3 is 0 Å². The van der Waals surface area contributed by atoms with Crippen molar-refractivity contribution in [3.8, 4) is 0 Å². The molecule has 5 N–H and O–H groups in total. The summed E-state index contributed by atoms with van der Waals surface area (Å²) in [6.07, 6.45) is 3.24. The Labute approximate surface area is 131 Å². The van der Waals surface area contributed by atoms with Crippen LogP contribution in [0, 0.1) is 4.77 Å². The summed E-state index contributed by atoms with van der Waals surface area (Å²) in [4.78, 5) is 3.98. The summed E-state index contributed by atoms with van der Waals surface area (Å²) >= 11 is 5.08. The first-order chi connectivity index (χ1) is 10.2. The van der Waals surface area contributed by atoms with Crippen molar-refractivity contribution in [1.29, 1.82) is 0 Å². The Bertz CT molecular complexity index is 415. The number of aliphatic hydroxyl groups is 3. The normalized spacial score (nSPS) is 19.2. The minimum absolute atomic E-state index is 0.0478. The highest BCUT2D eigenvalue weighted by molar-refractivity contribution is 7.71. The molecule has 1 aromatic rings. The lowest BCUT2D eigenvalue weighted by Gasteiger charge is -2.15. The van der Waals surface area contributed by atoms with E-state index in [2.05, 4.69) is 4.98 Å². The molecule has 2 atom stereocenters. The lowest BCUT2D eigenvalue weighted by molar-refractivity contribution is -0.0236. The van der Waals surface area contributed by atoms with Crippen molar-refractivity contribution in [3.63, 3.8) is 0 Å². The van der Waals surface area contributed by atoms with Gasteiger partial charge < -0.3 is 25.8 Å². The SMILES string of the molecule is CC.CO.CO.Nc1ccn(C2CCC(CO)O2)c(=S)n1. The van der Waals surface area contributed by atoms with E-state index in [1.807, 2.05) is 13.8 Å². The number of nitrogen functional groups attached to an aromatic ring is 1. The molecule has 124 valence electrons. The predicted octanol–water partition coefficient (Wildman–Crippen LogP) is 1.11. The lowest BCUT2D eigenvalue weighted by atomic mass is 10.2. The molecule has 0 radical (unpaired) electrons. The van der Waals surface area contributed by atoms with Gasteiger partial charge in [0.2, 0.25) is 4.77 Å². The number of nitrogens with zero attached hydrogens (tertiary/aromatic N) is 2. The molecule has 1 fully saturated rings. The fourth-order valence-corrected chi connectivity index (χ4v) is 1.95. The van der Waals surface area contributed by atoms with Crippen LogP contribution < -0.4 is 5.73 Å². The van der Waals surface area contributed by atoms with Crippen LogP contribution in [0.1, 0.15) is 32.9 Å². The standard InChI is InChI=1S/C9H13N3O2S.C2H6.2CH4O/c10-7-3-4-12(9(15)11-7)8-2-1-6(5-13)14-8;3*1-2/h3-4,6,8,13H,1-2,5H2,(H2,10,11,15);1-2H3;2*2H,1H3. The smallest absolute Gasteiger partial charge is 0.203 e. The Morgan fingerprint density at radius 1 is 1.33 bits per heavy atom. The van der Waals surface area contributed by atoms with Gasteiger partial charge in [0.1, 0.15) is 12.0 Å². The first kappa shape index (κ1) is 22.2. The van der Waals surface area contributed by atoms with Crippen LogP contribution in [-0.2, 0) is 4.74 Å². The second kappa shape index (κ2) is 13.9. The van der Waals surface area contributed by atoms with Gasteiger partial charge in [-0.2, -0.15) is 0 Å². The van der Waals surface area contributed by atoms with E-state index in [0.29, 0.717) is 10.6 Å². The highest BCUT2D eigenvalue weighted by Gasteiger charge is 2.25. The van der Waals surface area contributed by atoms with Gasteiger partial charge in [0, 0.05) is 20.4 Å². The number of nitrogens with two attached hydrogens (primary N) is 1. The zero-order chi connectivity index (χ0) is 16.8. The zero-order valence-corrected chi connectivity index (χ0v) is 13.9. The predicted molar refractivity (Wildman–Crippen MR) is 85.3 cm³/mol. The second-order valence-electron chi connectivity index (χ2n) is 3.51. The maximum Gasteiger partial charge on any atom is 0.203 e. The monoisotopic (exact) mass is 321 g/mol. The Morgan fingerprint density at radius 3 is 2.33 bits per heavy atom. The molecule has 2 heterocycles. The van der Waals surface area contributed by atoms with E-state index in [1.54, 1.807) is 16.8 Å². The molecule has 2 rings (SSSR count). The molecule has 0 spiro atoms. The number of aliphatic hydroxyl groups excluding tert-OH is 3. The summed E-state index contributed by atoms with van der Waals surface area (Å²) in [7, 11) is 2.00. The summed E-state index contributed by atoms with van der Waals surface area (Å²) in [5.41, 5.74) is 5.51.